The predicted molar refractivity (Wildman–Crippen MR) is 65.4 cm³/mol. The number of nitrogens with zero attached hydrogens (tertiary/aromatic N) is 3. The van der Waals surface area contributed by atoms with Gasteiger partial charge in [-0.25, -0.2) is 0 Å². The summed E-state index contributed by atoms with van der Waals surface area (Å²) in [5.41, 5.74) is -0.542. The Morgan fingerprint density at radius 3 is 2.53 bits per heavy atom. The van der Waals surface area contributed by atoms with Crippen LogP contribution in [0.3, 0.4) is 0 Å². The van der Waals surface area contributed by atoms with Gasteiger partial charge in [-0.15, -0.1) is 0 Å². The summed E-state index contributed by atoms with van der Waals surface area (Å²) in [6, 6.07) is 0.163. The van der Waals surface area contributed by atoms with Crippen molar-refractivity contribution in [3.05, 3.63) is 5.28 Å². The van der Waals surface area contributed by atoms with Gasteiger partial charge < -0.3 is 15.2 Å². The SMILES string of the molecule is CC(C)Oc1nc(Cl)nc(NC(C)(C)CO)n1. The standard InChI is InChI=1S/C10H17ClN4O2/c1-6(2)17-9-13-7(11)12-8(14-9)15-10(3,4)5-16/h6,16H,5H2,1-4H3,(H,12,13,14,15). The number of hydrogen-bond donors (Lipinski definition) is 2. The first-order valence-corrected chi connectivity index (χ1v) is 5.67. The normalized spacial score (nSPS) is 11.7. The first kappa shape index (κ1) is 13.9. The van der Waals surface area contributed by atoms with Crippen LogP contribution in [0.4, 0.5) is 5.95 Å². The monoisotopic (exact) mass is 260 g/mol. The molecular formula is C10H17ClN4O2. The smallest absolute Gasteiger partial charge is 0.322 e. The molecule has 1 rings (SSSR count). The van der Waals surface area contributed by atoms with E-state index in [2.05, 4.69) is 20.3 Å². The second kappa shape index (κ2) is 5.46. The molecule has 1 heterocycles. The van der Waals surface area contributed by atoms with Crippen LogP contribution in [0.25, 0.3) is 0 Å². The maximum absolute atomic E-state index is 9.14. The molecule has 2 N–H and O–H groups in total. The van der Waals surface area contributed by atoms with E-state index in [9.17, 15) is 0 Å². The van der Waals surface area contributed by atoms with Crippen LogP contribution in [0.15, 0.2) is 0 Å². The fourth-order valence-electron chi connectivity index (χ4n) is 0.994. The van der Waals surface area contributed by atoms with Crippen molar-refractivity contribution in [1.82, 2.24) is 15.0 Å². The molecule has 0 aliphatic rings. The first-order chi connectivity index (χ1) is 7.82. The number of rotatable bonds is 5. The molecule has 96 valence electrons. The molecule has 0 unspecified atom stereocenters. The molecule has 0 aliphatic carbocycles. The van der Waals surface area contributed by atoms with Crippen LogP contribution in [-0.4, -0.2) is 38.3 Å². The zero-order valence-corrected chi connectivity index (χ0v) is 11.1. The molecule has 1 aromatic rings. The molecule has 0 amide bonds. The van der Waals surface area contributed by atoms with E-state index in [0.717, 1.165) is 0 Å². The lowest BCUT2D eigenvalue weighted by molar-refractivity contribution is 0.220. The van der Waals surface area contributed by atoms with E-state index >= 15 is 0 Å². The minimum Gasteiger partial charge on any atom is -0.461 e. The molecule has 0 saturated carbocycles. The number of anilines is 1. The molecule has 0 fully saturated rings. The van der Waals surface area contributed by atoms with Gasteiger partial charge in [0.05, 0.1) is 18.2 Å². The van der Waals surface area contributed by atoms with Crippen molar-refractivity contribution >= 4 is 17.5 Å². The predicted octanol–water partition coefficient (Wildman–Crippen LogP) is 1.49. The molecule has 1 aromatic heterocycles. The van der Waals surface area contributed by atoms with Gasteiger partial charge in [-0.3, -0.25) is 0 Å². The fraction of sp³-hybridized carbons (Fsp3) is 0.700. The minimum absolute atomic E-state index is 0.0480. The fourth-order valence-corrected chi connectivity index (χ4v) is 1.15. The first-order valence-electron chi connectivity index (χ1n) is 5.29. The highest BCUT2D eigenvalue weighted by Gasteiger charge is 2.18. The van der Waals surface area contributed by atoms with E-state index in [-0.39, 0.29) is 30.0 Å². The van der Waals surface area contributed by atoms with Crippen LogP contribution in [0.2, 0.25) is 5.28 Å². The summed E-state index contributed by atoms with van der Waals surface area (Å²) >= 11 is 5.76. The van der Waals surface area contributed by atoms with Crippen molar-refractivity contribution in [2.24, 2.45) is 0 Å². The van der Waals surface area contributed by atoms with Crippen LogP contribution < -0.4 is 10.1 Å². The number of aromatic nitrogens is 3. The highest BCUT2D eigenvalue weighted by molar-refractivity contribution is 6.28. The Balaban J connectivity index is 2.89. The van der Waals surface area contributed by atoms with E-state index < -0.39 is 5.54 Å². The Morgan fingerprint density at radius 2 is 2.00 bits per heavy atom. The summed E-state index contributed by atoms with van der Waals surface area (Å²) < 4.78 is 5.33. The van der Waals surface area contributed by atoms with Gasteiger partial charge >= 0.3 is 6.01 Å². The van der Waals surface area contributed by atoms with Crippen LogP contribution in [0, 0.1) is 0 Å². The molecule has 0 bridgehead atoms. The van der Waals surface area contributed by atoms with Gasteiger partial charge in [0, 0.05) is 0 Å². The van der Waals surface area contributed by atoms with Gasteiger partial charge in [0.25, 0.3) is 0 Å². The summed E-state index contributed by atoms with van der Waals surface area (Å²) in [6.45, 7) is 7.29. The maximum atomic E-state index is 9.14. The lowest BCUT2D eigenvalue weighted by Gasteiger charge is -2.23. The van der Waals surface area contributed by atoms with Crippen molar-refractivity contribution in [2.45, 2.75) is 39.3 Å². The zero-order chi connectivity index (χ0) is 13.1. The molecule has 0 aliphatic heterocycles. The van der Waals surface area contributed by atoms with Gasteiger partial charge in [0.2, 0.25) is 11.2 Å². The molecule has 0 spiro atoms. The number of aliphatic hydroxyl groups excluding tert-OH is 1. The Morgan fingerprint density at radius 1 is 1.35 bits per heavy atom. The van der Waals surface area contributed by atoms with Gasteiger partial charge in [0.15, 0.2) is 0 Å². The van der Waals surface area contributed by atoms with E-state index in [4.69, 9.17) is 21.4 Å². The molecule has 0 atom stereocenters. The van der Waals surface area contributed by atoms with Gasteiger partial charge in [-0.05, 0) is 39.3 Å². The van der Waals surface area contributed by atoms with E-state index in [1.807, 2.05) is 27.7 Å². The molecule has 17 heavy (non-hydrogen) atoms. The summed E-state index contributed by atoms with van der Waals surface area (Å²) in [5.74, 6) is 0.278. The van der Waals surface area contributed by atoms with E-state index in [0.29, 0.717) is 0 Å². The van der Waals surface area contributed by atoms with E-state index in [1.54, 1.807) is 0 Å². The van der Waals surface area contributed by atoms with Crippen LogP contribution in [0.1, 0.15) is 27.7 Å². The molecule has 0 radical (unpaired) electrons. The van der Waals surface area contributed by atoms with Crippen molar-refractivity contribution in [3.63, 3.8) is 0 Å². The second-order valence-corrected chi connectivity index (χ2v) is 4.88. The van der Waals surface area contributed by atoms with Crippen LogP contribution in [0.5, 0.6) is 6.01 Å². The molecule has 7 heteroatoms. The van der Waals surface area contributed by atoms with Gasteiger partial charge in [0.1, 0.15) is 0 Å². The number of halogens is 1. The summed E-state index contributed by atoms with van der Waals surface area (Å²) in [5, 5.41) is 12.1. The number of aliphatic hydroxyl groups is 1. The Kier molecular flexibility index (Phi) is 4.47. The number of hydrogen-bond acceptors (Lipinski definition) is 6. The van der Waals surface area contributed by atoms with Crippen molar-refractivity contribution in [1.29, 1.82) is 0 Å². The zero-order valence-electron chi connectivity index (χ0n) is 10.4. The minimum atomic E-state index is -0.542. The maximum Gasteiger partial charge on any atom is 0.322 e. The summed E-state index contributed by atoms with van der Waals surface area (Å²) in [7, 11) is 0. The Hall–Kier alpha value is -1.14. The quantitative estimate of drug-likeness (QED) is 0.835. The topological polar surface area (TPSA) is 80.2 Å². The Bertz CT molecular complexity index is 385. The Labute approximate surface area is 105 Å². The highest BCUT2D eigenvalue weighted by atomic mass is 35.5. The third-order valence-corrected chi connectivity index (χ3v) is 1.94. The largest absolute Gasteiger partial charge is 0.461 e. The lowest BCUT2D eigenvalue weighted by atomic mass is 10.1. The third-order valence-electron chi connectivity index (χ3n) is 1.77. The highest BCUT2D eigenvalue weighted by Crippen LogP contribution is 2.16. The average Bonchev–Trinajstić information content (AvgIpc) is 2.14. The van der Waals surface area contributed by atoms with Gasteiger partial charge in [-0.1, -0.05) is 0 Å². The third kappa shape index (κ3) is 4.70. The van der Waals surface area contributed by atoms with Crippen LogP contribution in [-0.2, 0) is 0 Å². The average molecular weight is 261 g/mol. The molecule has 0 saturated heterocycles. The summed E-state index contributed by atoms with van der Waals surface area (Å²) in [6.07, 6.45) is -0.0489. The van der Waals surface area contributed by atoms with Crippen molar-refractivity contribution < 1.29 is 9.84 Å². The number of nitrogens with one attached hydrogen (secondary N) is 1. The van der Waals surface area contributed by atoms with Crippen LogP contribution >= 0.6 is 11.6 Å². The van der Waals surface area contributed by atoms with Gasteiger partial charge in [-0.2, -0.15) is 15.0 Å². The summed E-state index contributed by atoms with van der Waals surface area (Å²) in [4.78, 5) is 11.8. The lowest BCUT2D eigenvalue weighted by Crippen LogP contribution is -2.35. The number of ether oxygens (including phenoxy) is 1. The van der Waals surface area contributed by atoms with Crippen molar-refractivity contribution in [2.75, 3.05) is 11.9 Å². The molecule has 0 aromatic carbocycles. The molecular weight excluding hydrogens is 244 g/mol. The second-order valence-electron chi connectivity index (χ2n) is 4.54. The molecule has 6 nitrogen and oxygen atoms in total. The van der Waals surface area contributed by atoms with Crippen molar-refractivity contribution in [3.8, 4) is 6.01 Å². The van der Waals surface area contributed by atoms with E-state index in [1.165, 1.54) is 0 Å².